The van der Waals surface area contributed by atoms with Gasteiger partial charge in [0.05, 0.1) is 12.2 Å². The number of methoxy groups -OCH3 is 1. The molecule has 41 heavy (non-hydrogen) atoms. The Balaban J connectivity index is 1.17. The summed E-state index contributed by atoms with van der Waals surface area (Å²) in [6, 6.07) is 22.5. The number of hydrogen-bond donors (Lipinski definition) is 0. The molecule has 0 aliphatic carbocycles. The van der Waals surface area contributed by atoms with Crippen molar-refractivity contribution < 1.29 is 19.0 Å². The van der Waals surface area contributed by atoms with Crippen molar-refractivity contribution in [3.05, 3.63) is 89.9 Å². The summed E-state index contributed by atoms with van der Waals surface area (Å²) in [5, 5.41) is 2.30. The molecular weight excluding hydrogens is 518 g/mol. The van der Waals surface area contributed by atoms with E-state index in [2.05, 4.69) is 47.1 Å². The summed E-state index contributed by atoms with van der Waals surface area (Å²) in [6.07, 6.45) is 2.22. The van der Waals surface area contributed by atoms with Crippen LogP contribution in [0.4, 0.5) is 16.3 Å². The number of hydrogen-bond acceptors (Lipinski definition) is 8. The fraction of sp³-hybridized carbons (Fsp3) is 0.344. The maximum Gasteiger partial charge on any atom is 0.410 e. The summed E-state index contributed by atoms with van der Waals surface area (Å²) < 4.78 is 16.5. The maximum atomic E-state index is 12.7. The molecule has 2 aliphatic rings. The summed E-state index contributed by atoms with van der Waals surface area (Å²) in [6.45, 7) is 5.99. The van der Waals surface area contributed by atoms with Gasteiger partial charge in [0.15, 0.2) is 6.79 Å². The molecule has 1 aromatic heterocycles. The van der Waals surface area contributed by atoms with E-state index in [1.807, 2.05) is 36.4 Å². The standard InChI is InChI=1S/C32H35N5O4/c1-23-16-28-29(19-37(23)30-18-26(41-22-39-2)17-25-10-6-7-11-27(25)30)33-21-34-31(28)35-12-14-36(15-13-35)32(38)40-20-24-8-4-3-5-9-24/h3-11,17-18,21,23H,12-16,19-20,22H2,1-2H3/t23-/m0/s1. The lowest BCUT2D eigenvalue weighted by Crippen LogP contribution is -2.50. The molecule has 9 nitrogen and oxygen atoms in total. The smallest absolute Gasteiger partial charge is 0.410 e. The average molecular weight is 554 g/mol. The highest BCUT2D eigenvalue weighted by Gasteiger charge is 2.31. The Labute approximate surface area is 240 Å². The topological polar surface area (TPSA) is 80.3 Å². The average Bonchev–Trinajstić information content (AvgIpc) is 3.02. The fourth-order valence-corrected chi connectivity index (χ4v) is 5.72. The molecule has 1 fully saturated rings. The minimum Gasteiger partial charge on any atom is -0.467 e. The highest BCUT2D eigenvalue weighted by Crippen LogP contribution is 2.38. The highest BCUT2D eigenvalue weighted by atomic mass is 16.7. The molecule has 9 heteroatoms. The number of piperazine rings is 1. The summed E-state index contributed by atoms with van der Waals surface area (Å²) in [7, 11) is 1.63. The third-order valence-electron chi connectivity index (χ3n) is 7.87. The highest BCUT2D eigenvalue weighted by molar-refractivity contribution is 5.96. The van der Waals surface area contributed by atoms with Gasteiger partial charge in [0, 0.05) is 62.0 Å². The first-order valence-corrected chi connectivity index (χ1v) is 14.0. The number of benzene rings is 3. The van der Waals surface area contributed by atoms with E-state index in [1.54, 1.807) is 18.3 Å². The molecule has 0 spiro atoms. The number of anilines is 2. The van der Waals surface area contributed by atoms with Gasteiger partial charge in [-0.3, -0.25) is 0 Å². The van der Waals surface area contributed by atoms with Gasteiger partial charge in [0.25, 0.3) is 0 Å². The van der Waals surface area contributed by atoms with E-state index >= 15 is 0 Å². The van der Waals surface area contributed by atoms with Gasteiger partial charge in [-0.05, 0) is 30.4 Å². The van der Waals surface area contributed by atoms with E-state index in [4.69, 9.17) is 24.2 Å². The molecule has 212 valence electrons. The van der Waals surface area contributed by atoms with Crippen molar-refractivity contribution in [1.29, 1.82) is 0 Å². The number of nitrogens with zero attached hydrogens (tertiary/aromatic N) is 5. The van der Waals surface area contributed by atoms with Crippen LogP contribution >= 0.6 is 0 Å². The molecule has 1 atom stereocenters. The van der Waals surface area contributed by atoms with Crippen LogP contribution in [0.1, 0.15) is 23.7 Å². The number of fused-ring (bicyclic) bond motifs is 2. The molecular formula is C32H35N5O4. The molecule has 0 N–H and O–H groups in total. The van der Waals surface area contributed by atoms with Crippen LogP contribution in [0.5, 0.6) is 5.75 Å². The van der Waals surface area contributed by atoms with Gasteiger partial charge < -0.3 is 28.9 Å². The van der Waals surface area contributed by atoms with Crippen LogP contribution in [0, 0.1) is 0 Å². The van der Waals surface area contributed by atoms with Crippen LogP contribution in [-0.2, 0) is 29.0 Å². The van der Waals surface area contributed by atoms with Gasteiger partial charge in [0.1, 0.15) is 24.5 Å². The molecule has 0 bridgehead atoms. The normalized spacial score (nSPS) is 16.9. The third kappa shape index (κ3) is 5.76. The molecule has 1 amide bonds. The van der Waals surface area contributed by atoms with Crippen LogP contribution in [-0.4, -0.2) is 67.1 Å². The third-order valence-corrected chi connectivity index (χ3v) is 7.87. The van der Waals surface area contributed by atoms with Gasteiger partial charge in [-0.15, -0.1) is 0 Å². The SMILES string of the molecule is COCOc1cc(N2Cc3ncnc(N4CCN(C(=O)OCc5ccccc5)CC4)c3C[C@@H]2C)c2ccccc2c1. The van der Waals surface area contributed by atoms with Crippen molar-refractivity contribution in [1.82, 2.24) is 14.9 Å². The van der Waals surface area contributed by atoms with Gasteiger partial charge in [-0.2, -0.15) is 0 Å². The molecule has 4 aromatic rings. The molecule has 1 saturated heterocycles. The van der Waals surface area contributed by atoms with Crippen LogP contribution in [0.15, 0.2) is 73.1 Å². The first-order chi connectivity index (χ1) is 20.1. The van der Waals surface area contributed by atoms with E-state index in [0.29, 0.717) is 32.7 Å². The predicted octanol–water partition coefficient (Wildman–Crippen LogP) is 5.02. The zero-order valence-corrected chi connectivity index (χ0v) is 23.5. The van der Waals surface area contributed by atoms with Crippen molar-refractivity contribution in [2.45, 2.75) is 32.5 Å². The monoisotopic (exact) mass is 553 g/mol. The largest absolute Gasteiger partial charge is 0.467 e. The summed E-state index contributed by atoms with van der Waals surface area (Å²) in [5.74, 6) is 1.75. The van der Waals surface area contributed by atoms with Gasteiger partial charge in [-0.25, -0.2) is 14.8 Å². The Hall–Kier alpha value is -4.37. The fourth-order valence-electron chi connectivity index (χ4n) is 5.72. The summed E-state index contributed by atoms with van der Waals surface area (Å²) in [4.78, 5) is 28.6. The van der Waals surface area contributed by atoms with E-state index in [-0.39, 0.29) is 25.5 Å². The second-order valence-corrected chi connectivity index (χ2v) is 10.5. The Morgan fingerprint density at radius 3 is 2.56 bits per heavy atom. The van der Waals surface area contributed by atoms with Gasteiger partial charge >= 0.3 is 6.09 Å². The first kappa shape index (κ1) is 26.8. The Kier molecular flexibility index (Phi) is 7.86. The van der Waals surface area contributed by atoms with Crippen molar-refractivity contribution in [3.8, 4) is 5.75 Å². The van der Waals surface area contributed by atoms with Crippen molar-refractivity contribution in [3.63, 3.8) is 0 Å². The Morgan fingerprint density at radius 1 is 0.976 bits per heavy atom. The Bertz CT molecular complexity index is 1510. The lowest BCUT2D eigenvalue weighted by molar-refractivity contribution is 0.0512. The number of carbonyl (C=O) groups excluding carboxylic acids is 1. The molecule has 3 aromatic carbocycles. The zero-order chi connectivity index (χ0) is 28.2. The van der Waals surface area contributed by atoms with Gasteiger partial charge in [-0.1, -0.05) is 54.6 Å². The molecule has 0 saturated carbocycles. The predicted molar refractivity (Wildman–Crippen MR) is 158 cm³/mol. The second kappa shape index (κ2) is 12.0. The van der Waals surface area contributed by atoms with Gasteiger partial charge in [0.2, 0.25) is 0 Å². The minimum absolute atomic E-state index is 0.199. The lowest BCUT2D eigenvalue weighted by atomic mass is 9.96. The van der Waals surface area contributed by atoms with E-state index in [0.717, 1.165) is 40.3 Å². The zero-order valence-electron chi connectivity index (χ0n) is 23.5. The first-order valence-electron chi connectivity index (χ1n) is 14.0. The molecule has 2 aliphatic heterocycles. The van der Waals surface area contributed by atoms with Crippen molar-refractivity contribution in [2.75, 3.05) is 49.9 Å². The number of rotatable bonds is 7. The number of carbonyl (C=O) groups is 1. The van der Waals surface area contributed by atoms with E-state index in [9.17, 15) is 4.79 Å². The summed E-state index contributed by atoms with van der Waals surface area (Å²) in [5.41, 5.74) is 4.32. The summed E-state index contributed by atoms with van der Waals surface area (Å²) >= 11 is 0. The van der Waals surface area contributed by atoms with Crippen LogP contribution < -0.4 is 14.5 Å². The quantitative estimate of drug-likeness (QED) is 0.295. The number of aromatic nitrogens is 2. The maximum absolute atomic E-state index is 12.7. The minimum atomic E-state index is -0.272. The van der Waals surface area contributed by atoms with Crippen molar-refractivity contribution >= 4 is 28.4 Å². The Morgan fingerprint density at radius 2 is 1.76 bits per heavy atom. The van der Waals surface area contributed by atoms with E-state index in [1.165, 1.54) is 10.9 Å². The molecule has 0 unspecified atom stereocenters. The van der Waals surface area contributed by atoms with Crippen LogP contribution in [0.25, 0.3) is 10.8 Å². The van der Waals surface area contributed by atoms with Crippen molar-refractivity contribution in [2.24, 2.45) is 0 Å². The molecule has 6 rings (SSSR count). The number of ether oxygens (including phenoxy) is 3. The molecule has 0 radical (unpaired) electrons. The molecule has 3 heterocycles. The second-order valence-electron chi connectivity index (χ2n) is 10.5. The van der Waals surface area contributed by atoms with Crippen LogP contribution in [0.2, 0.25) is 0 Å². The lowest BCUT2D eigenvalue weighted by Gasteiger charge is -2.40. The van der Waals surface area contributed by atoms with Crippen LogP contribution in [0.3, 0.4) is 0 Å². The number of amides is 1. The van der Waals surface area contributed by atoms with E-state index < -0.39 is 0 Å².